The van der Waals surface area contributed by atoms with Gasteiger partial charge in [-0.2, -0.15) is 0 Å². The molecule has 1 aromatic carbocycles. The van der Waals surface area contributed by atoms with Crippen molar-refractivity contribution in [2.24, 2.45) is 0 Å². The zero-order chi connectivity index (χ0) is 16.6. The van der Waals surface area contributed by atoms with Crippen molar-refractivity contribution in [3.63, 3.8) is 0 Å². The minimum atomic E-state index is -0.760. The number of nitrogens with zero attached hydrogens (tertiary/aromatic N) is 2. The smallest absolute Gasteiger partial charge is 0.332 e. The van der Waals surface area contributed by atoms with E-state index in [0.29, 0.717) is 13.0 Å². The van der Waals surface area contributed by atoms with E-state index < -0.39 is 23.8 Å². The van der Waals surface area contributed by atoms with E-state index in [0.717, 1.165) is 23.8 Å². The fraction of sp³-hybridized carbons (Fsp3) is 0.375. The SMILES string of the molecule is C#CCOc1cc(N2C(=O)[C@@H]3CCCCN3C2=O)c(F)cc1Cl. The molecule has 23 heavy (non-hydrogen) atoms. The minimum absolute atomic E-state index is 0.0262. The van der Waals surface area contributed by atoms with Gasteiger partial charge in [-0.3, -0.25) is 4.79 Å². The summed E-state index contributed by atoms with van der Waals surface area (Å²) in [5.41, 5.74) is -0.161. The molecule has 0 radical (unpaired) electrons. The van der Waals surface area contributed by atoms with Gasteiger partial charge in [-0.15, -0.1) is 6.42 Å². The van der Waals surface area contributed by atoms with Gasteiger partial charge < -0.3 is 9.64 Å². The second-order valence-electron chi connectivity index (χ2n) is 5.39. The first-order valence-electron chi connectivity index (χ1n) is 7.24. The van der Waals surface area contributed by atoms with E-state index in [1.54, 1.807) is 0 Å². The maximum Gasteiger partial charge on any atom is 0.332 e. The molecule has 0 unspecified atom stereocenters. The molecule has 1 atom stereocenters. The molecule has 5 nitrogen and oxygen atoms in total. The fourth-order valence-corrected chi connectivity index (χ4v) is 3.14. The van der Waals surface area contributed by atoms with E-state index >= 15 is 0 Å². The molecular formula is C16H14ClFN2O3. The third-order valence-electron chi connectivity index (χ3n) is 4.00. The molecule has 2 heterocycles. The number of urea groups is 1. The second-order valence-corrected chi connectivity index (χ2v) is 5.80. The Kier molecular flexibility index (Phi) is 4.14. The Balaban J connectivity index is 1.99. The van der Waals surface area contributed by atoms with Gasteiger partial charge in [0, 0.05) is 12.6 Å². The summed E-state index contributed by atoms with van der Waals surface area (Å²) in [6, 6.07) is 1.23. The van der Waals surface area contributed by atoms with Crippen LogP contribution in [0.15, 0.2) is 12.1 Å². The van der Waals surface area contributed by atoms with Crippen LogP contribution in [0.2, 0.25) is 5.02 Å². The predicted octanol–water partition coefficient (Wildman–Crippen LogP) is 2.81. The van der Waals surface area contributed by atoms with E-state index in [2.05, 4.69) is 5.92 Å². The number of carbonyl (C=O) groups excluding carboxylic acids is 2. The van der Waals surface area contributed by atoms with Crippen LogP contribution < -0.4 is 9.64 Å². The number of terminal acetylenes is 1. The maximum atomic E-state index is 14.3. The third kappa shape index (κ3) is 2.62. The number of fused-ring (bicyclic) bond motifs is 1. The minimum Gasteiger partial charge on any atom is -0.479 e. The van der Waals surface area contributed by atoms with Crippen LogP contribution in [0, 0.1) is 18.2 Å². The maximum absolute atomic E-state index is 14.3. The molecule has 0 aromatic heterocycles. The van der Waals surface area contributed by atoms with E-state index in [1.807, 2.05) is 0 Å². The monoisotopic (exact) mass is 336 g/mol. The van der Waals surface area contributed by atoms with Gasteiger partial charge in [0.25, 0.3) is 5.91 Å². The van der Waals surface area contributed by atoms with Crippen LogP contribution in [-0.4, -0.2) is 36.0 Å². The molecule has 3 rings (SSSR count). The summed E-state index contributed by atoms with van der Waals surface area (Å²) in [5.74, 6) is 1.23. The van der Waals surface area contributed by atoms with E-state index in [9.17, 15) is 14.0 Å². The van der Waals surface area contributed by atoms with Gasteiger partial charge in [-0.25, -0.2) is 14.1 Å². The molecule has 2 aliphatic rings. The first kappa shape index (κ1) is 15.6. The first-order valence-corrected chi connectivity index (χ1v) is 7.62. The molecule has 3 amide bonds. The predicted molar refractivity (Wildman–Crippen MR) is 83.0 cm³/mol. The van der Waals surface area contributed by atoms with Crippen molar-refractivity contribution in [2.75, 3.05) is 18.1 Å². The van der Waals surface area contributed by atoms with E-state index in [-0.39, 0.29) is 23.1 Å². The highest BCUT2D eigenvalue weighted by molar-refractivity contribution is 6.32. The molecule has 0 bridgehead atoms. The van der Waals surface area contributed by atoms with Crippen LogP contribution in [0.1, 0.15) is 19.3 Å². The summed E-state index contributed by atoms with van der Waals surface area (Å²) in [5, 5.41) is 0.0262. The molecule has 0 spiro atoms. The lowest BCUT2D eigenvalue weighted by Gasteiger charge is -2.25. The fourth-order valence-electron chi connectivity index (χ4n) is 2.93. The molecule has 7 heteroatoms. The molecule has 2 fully saturated rings. The van der Waals surface area contributed by atoms with Crippen molar-refractivity contribution >= 4 is 29.2 Å². The Morgan fingerprint density at radius 2 is 2.17 bits per heavy atom. The highest BCUT2D eigenvalue weighted by atomic mass is 35.5. The number of ether oxygens (including phenoxy) is 1. The van der Waals surface area contributed by atoms with Gasteiger partial charge in [0.1, 0.15) is 24.2 Å². The number of benzene rings is 1. The number of halogens is 2. The van der Waals surface area contributed by atoms with Crippen LogP contribution in [0.5, 0.6) is 5.75 Å². The van der Waals surface area contributed by atoms with Crippen molar-refractivity contribution in [2.45, 2.75) is 25.3 Å². The van der Waals surface area contributed by atoms with Crippen molar-refractivity contribution in [1.29, 1.82) is 0 Å². The summed E-state index contributed by atoms with van der Waals surface area (Å²) in [4.78, 5) is 27.3. The quantitative estimate of drug-likeness (QED) is 0.630. The second kappa shape index (κ2) is 6.09. The van der Waals surface area contributed by atoms with Gasteiger partial charge in [0.05, 0.1) is 10.7 Å². The number of rotatable bonds is 3. The number of hydrogen-bond acceptors (Lipinski definition) is 3. The van der Waals surface area contributed by atoms with Crippen LogP contribution >= 0.6 is 11.6 Å². The summed E-state index contributed by atoms with van der Waals surface area (Å²) in [6.45, 7) is 0.447. The van der Waals surface area contributed by atoms with Gasteiger partial charge in [0.2, 0.25) is 0 Å². The molecule has 2 saturated heterocycles. The van der Waals surface area contributed by atoms with Crippen molar-refractivity contribution in [3.05, 3.63) is 23.0 Å². The lowest BCUT2D eigenvalue weighted by atomic mass is 10.0. The van der Waals surface area contributed by atoms with Crippen molar-refractivity contribution in [3.8, 4) is 18.1 Å². The molecule has 0 saturated carbocycles. The summed E-state index contributed by atoms with van der Waals surface area (Å²) < 4.78 is 19.5. The Labute approximate surface area is 137 Å². The van der Waals surface area contributed by atoms with Crippen LogP contribution in [-0.2, 0) is 4.79 Å². The summed E-state index contributed by atoms with van der Waals surface area (Å²) >= 11 is 5.91. The number of carbonyl (C=O) groups is 2. The van der Waals surface area contributed by atoms with Crippen LogP contribution in [0.4, 0.5) is 14.9 Å². The van der Waals surface area contributed by atoms with Gasteiger partial charge in [-0.1, -0.05) is 17.5 Å². The zero-order valence-corrected chi connectivity index (χ0v) is 13.0. The summed E-state index contributed by atoms with van der Waals surface area (Å²) in [6.07, 6.45) is 7.42. The third-order valence-corrected chi connectivity index (χ3v) is 4.29. The molecule has 120 valence electrons. The lowest BCUT2D eigenvalue weighted by Crippen LogP contribution is -2.39. The van der Waals surface area contributed by atoms with Crippen LogP contribution in [0.25, 0.3) is 0 Å². The Hall–Kier alpha value is -2.26. The largest absolute Gasteiger partial charge is 0.479 e. The highest BCUT2D eigenvalue weighted by Gasteiger charge is 2.47. The van der Waals surface area contributed by atoms with Crippen LogP contribution in [0.3, 0.4) is 0 Å². The Bertz CT molecular complexity index is 692. The molecule has 1 aromatic rings. The average Bonchev–Trinajstić information content (AvgIpc) is 2.79. The lowest BCUT2D eigenvalue weighted by molar-refractivity contribution is -0.120. The molecular weight excluding hydrogens is 323 g/mol. The number of anilines is 1. The highest BCUT2D eigenvalue weighted by Crippen LogP contribution is 2.37. The van der Waals surface area contributed by atoms with Gasteiger partial charge in [0.15, 0.2) is 0 Å². The topological polar surface area (TPSA) is 49.9 Å². The number of amides is 3. The summed E-state index contributed by atoms with van der Waals surface area (Å²) in [7, 11) is 0. The molecule has 0 aliphatic carbocycles. The van der Waals surface area contributed by atoms with Gasteiger partial charge >= 0.3 is 6.03 Å². The molecule has 2 aliphatic heterocycles. The zero-order valence-electron chi connectivity index (χ0n) is 12.2. The number of hydrogen-bond donors (Lipinski definition) is 0. The Morgan fingerprint density at radius 3 is 2.87 bits per heavy atom. The van der Waals surface area contributed by atoms with E-state index in [4.69, 9.17) is 22.8 Å². The van der Waals surface area contributed by atoms with Gasteiger partial charge in [-0.05, 0) is 25.3 Å². The number of imide groups is 1. The van der Waals surface area contributed by atoms with E-state index in [1.165, 1.54) is 11.0 Å². The standard InChI is InChI=1S/C16H14ClFN2O3/c1-2-7-23-14-9-13(11(18)8-10(14)17)20-15(21)12-5-3-4-6-19(12)16(20)22/h1,8-9,12H,3-7H2/t12-/m0/s1. The normalized spacial score (nSPS) is 20.5. The van der Waals surface area contributed by atoms with Crippen molar-refractivity contribution < 1.29 is 18.7 Å². The first-order chi connectivity index (χ1) is 11.0. The average molecular weight is 337 g/mol. The Morgan fingerprint density at radius 1 is 1.39 bits per heavy atom. The van der Waals surface area contributed by atoms with Crippen molar-refractivity contribution in [1.82, 2.24) is 4.90 Å². The molecule has 0 N–H and O–H groups in total. The number of piperidine rings is 1.